The number of nitrogens with two attached hydrogens (primary N) is 1. The maximum atomic E-state index is 10.4. The summed E-state index contributed by atoms with van der Waals surface area (Å²) < 4.78 is 3.62. The second-order valence-corrected chi connectivity index (χ2v) is 4.73. The zero-order valence-electron chi connectivity index (χ0n) is 7.77. The van der Waals surface area contributed by atoms with Gasteiger partial charge in [-0.25, -0.2) is 9.78 Å². The molecule has 0 aliphatic rings. The van der Waals surface area contributed by atoms with E-state index in [1.54, 1.807) is 11.3 Å². The number of benzene rings is 1. The molecule has 0 aliphatic heterocycles. The number of para-hydroxylation sites is 1. The molecule has 2 aromatic rings. The molecule has 78 valence electrons. The summed E-state index contributed by atoms with van der Waals surface area (Å²) in [4.78, 5) is 14.9. The summed E-state index contributed by atoms with van der Waals surface area (Å²) in [6, 6.07) is 7.42. The molecule has 0 bridgehead atoms. The van der Waals surface area contributed by atoms with Gasteiger partial charge in [-0.1, -0.05) is 12.1 Å². The average Bonchev–Trinajstić information content (AvgIpc) is 2.59. The molecule has 2 rings (SSSR count). The van der Waals surface area contributed by atoms with Gasteiger partial charge in [-0.15, -0.1) is 11.3 Å². The van der Waals surface area contributed by atoms with Crippen LogP contribution in [0.3, 0.4) is 0 Å². The summed E-state index contributed by atoms with van der Waals surface area (Å²) in [5.74, 6) is 0.641. The fourth-order valence-corrected chi connectivity index (χ4v) is 2.73. The Balaban J connectivity index is 2.05. The first kappa shape index (κ1) is 10.3. The second-order valence-electron chi connectivity index (χ2n) is 2.83. The third-order valence-electron chi connectivity index (χ3n) is 1.71. The molecule has 0 saturated carbocycles. The van der Waals surface area contributed by atoms with E-state index in [0.717, 1.165) is 15.2 Å². The minimum atomic E-state index is -0.527. The highest BCUT2D eigenvalue weighted by atomic mass is 32.2. The van der Waals surface area contributed by atoms with Crippen LogP contribution in [-0.2, 0) is 5.75 Å². The van der Waals surface area contributed by atoms with E-state index in [-0.39, 0.29) is 0 Å². The summed E-state index contributed by atoms with van der Waals surface area (Å²) >= 11 is 2.88. The molecule has 4 nitrogen and oxygen atoms in total. The summed E-state index contributed by atoms with van der Waals surface area (Å²) in [5.41, 5.74) is 5.94. The van der Waals surface area contributed by atoms with Crippen LogP contribution in [-0.4, -0.2) is 11.0 Å². The third-order valence-corrected chi connectivity index (χ3v) is 3.69. The van der Waals surface area contributed by atoms with Crippen molar-refractivity contribution in [3.8, 4) is 0 Å². The Bertz CT molecular complexity index is 450. The number of rotatable bonds is 3. The van der Waals surface area contributed by atoms with Crippen molar-refractivity contribution in [2.75, 3.05) is 0 Å². The average molecular weight is 239 g/mol. The van der Waals surface area contributed by atoms with Gasteiger partial charge in [0.2, 0.25) is 0 Å². The smallest absolute Gasteiger partial charge is 0.322 e. The van der Waals surface area contributed by atoms with Crippen LogP contribution in [0.2, 0.25) is 0 Å². The lowest BCUT2D eigenvalue weighted by Gasteiger charge is -1.96. The van der Waals surface area contributed by atoms with Gasteiger partial charge in [0, 0.05) is 0 Å². The van der Waals surface area contributed by atoms with Crippen molar-refractivity contribution in [1.29, 1.82) is 0 Å². The Kier molecular flexibility index (Phi) is 3.08. The molecule has 0 radical (unpaired) electrons. The normalized spacial score (nSPS) is 10.4. The van der Waals surface area contributed by atoms with Gasteiger partial charge < -0.3 is 5.73 Å². The number of aromatic nitrogens is 1. The van der Waals surface area contributed by atoms with Crippen LogP contribution in [0.15, 0.2) is 24.3 Å². The van der Waals surface area contributed by atoms with Crippen molar-refractivity contribution in [1.82, 2.24) is 9.71 Å². The summed E-state index contributed by atoms with van der Waals surface area (Å²) in [6.07, 6.45) is 0. The summed E-state index contributed by atoms with van der Waals surface area (Å²) in [6.45, 7) is 0. The van der Waals surface area contributed by atoms with E-state index in [1.165, 1.54) is 11.9 Å². The van der Waals surface area contributed by atoms with Crippen molar-refractivity contribution < 1.29 is 4.79 Å². The predicted molar refractivity (Wildman–Crippen MR) is 63.6 cm³/mol. The highest BCUT2D eigenvalue weighted by Gasteiger charge is 2.03. The largest absolute Gasteiger partial charge is 0.351 e. The molecule has 15 heavy (non-hydrogen) atoms. The molecule has 6 heteroatoms. The monoisotopic (exact) mass is 239 g/mol. The first-order valence-electron chi connectivity index (χ1n) is 4.27. The Hall–Kier alpha value is -1.27. The quantitative estimate of drug-likeness (QED) is 0.806. The minimum Gasteiger partial charge on any atom is -0.351 e. The Morgan fingerprint density at radius 3 is 3.07 bits per heavy atom. The zero-order valence-corrected chi connectivity index (χ0v) is 9.40. The lowest BCUT2D eigenvalue weighted by Crippen LogP contribution is -2.22. The van der Waals surface area contributed by atoms with Crippen molar-refractivity contribution in [3.63, 3.8) is 0 Å². The molecular formula is C9H9N3OS2. The Morgan fingerprint density at radius 2 is 2.33 bits per heavy atom. The number of nitrogens with zero attached hydrogens (tertiary/aromatic N) is 1. The van der Waals surface area contributed by atoms with Crippen molar-refractivity contribution in [2.24, 2.45) is 5.73 Å². The van der Waals surface area contributed by atoms with Crippen LogP contribution < -0.4 is 10.5 Å². The van der Waals surface area contributed by atoms with Crippen LogP contribution in [0.25, 0.3) is 10.2 Å². The van der Waals surface area contributed by atoms with Crippen LogP contribution in [0.1, 0.15) is 5.01 Å². The molecule has 0 atom stereocenters. The maximum Gasteiger partial charge on any atom is 0.322 e. The number of hydrogen-bond acceptors (Lipinski definition) is 4. The van der Waals surface area contributed by atoms with Gasteiger partial charge in [-0.3, -0.25) is 4.72 Å². The number of amides is 2. The zero-order chi connectivity index (χ0) is 10.7. The van der Waals surface area contributed by atoms with E-state index in [0.29, 0.717) is 5.75 Å². The number of carbonyl (C=O) groups excluding carboxylic acids is 1. The number of hydrogen-bond donors (Lipinski definition) is 2. The molecular weight excluding hydrogens is 230 g/mol. The Labute approximate surface area is 95.0 Å². The summed E-state index contributed by atoms with van der Waals surface area (Å²) in [7, 11) is 0. The first-order valence-corrected chi connectivity index (χ1v) is 6.07. The third kappa shape index (κ3) is 2.60. The molecule has 0 spiro atoms. The number of fused-ring (bicyclic) bond motifs is 1. The van der Waals surface area contributed by atoms with Gasteiger partial charge >= 0.3 is 6.03 Å². The van der Waals surface area contributed by atoms with Crippen LogP contribution in [0.5, 0.6) is 0 Å². The van der Waals surface area contributed by atoms with Crippen LogP contribution in [0.4, 0.5) is 4.79 Å². The highest BCUT2D eigenvalue weighted by molar-refractivity contribution is 7.97. The number of primary amides is 1. The highest BCUT2D eigenvalue weighted by Crippen LogP contribution is 2.23. The minimum absolute atomic E-state index is 0.527. The SMILES string of the molecule is NC(=O)NSCc1nc2ccccc2s1. The van der Waals surface area contributed by atoms with Gasteiger partial charge in [-0.05, 0) is 24.1 Å². The van der Waals surface area contributed by atoms with Gasteiger partial charge in [0.15, 0.2) is 0 Å². The molecule has 3 N–H and O–H groups in total. The Morgan fingerprint density at radius 1 is 1.53 bits per heavy atom. The van der Waals surface area contributed by atoms with Gasteiger partial charge in [0.05, 0.1) is 16.0 Å². The molecule has 0 aliphatic carbocycles. The second kappa shape index (κ2) is 4.50. The maximum absolute atomic E-state index is 10.4. The molecule has 2 amide bonds. The molecule has 1 aromatic heterocycles. The van der Waals surface area contributed by atoms with E-state index in [9.17, 15) is 4.79 Å². The van der Waals surface area contributed by atoms with E-state index < -0.39 is 6.03 Å². The molecule has 0 unspecified atom stereocenters. The summed E-state index contributed by atoms with van der Waals surface area (Å²) in [5, 5.41) is 0.981. The van der Waals surface area contributed by atoms with Gasteiger partial charge in [-0.2, -0.15) is 0 Å². The van der Waals surface area contributed by atoms with E-state index >= 15 is 0 Å². The van der Waals surface area contributed by atoms with Crippen LogP contribution >= 0.6 is 23.3 Å². The van der Waals surface area contributed by atoms with E-state index in [1.807, 2.05) is 24.3 Å². The lowest BCUT2D eigenvalue weighted by atomic mass is 10.3. The number of urea groups is 1. The van der Waals surface area contributed by atoms with Crippen molar-refractivity contribution in [2.45, 2.75) is 5.75 Å². The van der Waals surface area contributed by atoms with Crippen LogP contribution in [0, 0.1) is 0 Å². The van der Waals surface area contributed by atoms with Gasteiger partial charge in [0.1, 0.15) is 5.01 Å². The van der Waals surface area contributed by atoms with Crippen molar-refractivity contribution in [3.05, 3.63) is 29.3 Å². The van der Waals surface area contributed by atoms with E-state index in [2.05, 4.69) is 9.71 Å². The fraction of sp³-hybridized carbons (Fsp3) is 0.111. The molecule has 0 saturated heterocycles. The topological polar surface area (TPSA) is 68.0 Å². The molecule has 1 heterocycles. The number of thiazole rings is 1. The van der Waals surface area contributed by atoms with Crippen molar-refractivity contribution >= 4 is 39.5 Å². The number of carbonyl (C=O) groups is 1. The molecule has 1 aromatic carbocycles. The lowest BCUT2D eigenvalue weighted by molar-refractivity contribution is 0.254. The fourth-order valence-electron chi connectivity index (χ4n) is 1.15. The standard InChI is InChI=1S/C9H9N3OS2/c10-9(13)12-14-5-8-11-6-3-1-2-4-7(6)15-8/h1-4H,5H2,(H3,10,12,13). The first-order chi connectivity index (χ1) is 7.25. The van der Waals surface area contributed by atoms with E-state index in [4.69, 9.17) is 5.73 Å². The van der Waals surface area contributed by atoms with Gasteiger partial charge in [0.25, 0.3) is 0 Å². The predicted octanol–water partition coefficient (Wildman–Crippen LogP) is 2.11. The number of nitrogens with one attached hydrogen (secondary N) is 1. The molecule has 0 fully saturated rings.